The van der Waals surface area contributed by atoms with Crippen molar-refractivity contribution in [3.05, 3.63) is 64.3 Å². The van der Waals surface area contributed by atoms with E-state index in [1.807, 2.05) is 0 Å². The van der Waals surface area contributed by atoms with Gasteiger partial charge in [0, 0.05) is 5.56 Å². The summed E-state index contributed by atoms with van der Waals surface area (Å²) in [7, 11) is 1.41. The van der Waals surface area contributed by atoms with Crippen molar-refractivity contribution in [1.82, 2.24) is 10.2 Å². The molecule has 9 heteroatoms. The quantitative estimate of drug-likeness (QED) is 0.485. The number of aromatic nitrogens is 2. The second kappa shape index (κ2) is 7.18. The van der Waals surface area contributed by atoms with Gasteiger partial charge in [0.25, 0.3) is 5.89 Å². The van der Waals surface area contributed by atoms with Gasteiger partial charge in [0.05, 0.1) is 18.1 Å². The van der Waals surface area contributed by atoms with Gasteiger partial charge in [-0.05, 0) is 43.3 Å². The number of benzene rings is 2. The number of methoxy groups -OCH3 is 1. The molecular formula is C17H14FN3O5. The van der Waals surface area contributed by atoms with E-state index in [1.54, 1.807) is 13.0 Å². The number of halogens is 1. The van der Waals surface area contributed by atoms with Gasteiger partial charge < -0.3 is 13.9 Å². The summed E-state index contributed by atoms with van der Waals surface area (Å²) in [6.07, 6.45) is -0.733. The van der Waals surface area contributed by atoms with Crippen LogP contribution in [0, 0.1) is 15.9 Å². The highest BCUT2D eigenvalue weighted by atomic mass is 19.1. The van der Waals surface area contributed by atoms with Crippen LogP contribution < -0.4 is 9.47 Å². The van der Waals surface area contributed by atoms with Gasteiger partial charge in [-0.25, -0.2) is 4.39 Å². The third kappa shape index (κ3) is 3.61. The summed E-state index contributed by atoms with van der Waals surface area (Å²) >= 11 is 0. The van der Waals surface area contributed by atoms with Crippen LogP contribution in [0.15, 0.2) is 46.9 Å². The van der Waals surface area contributed by atoms with Crippen molar-refractivity contribution >= 4 is 5.69 Å². The highest BCUT2D eigenvalue weighted by Gasteiger charge is 2.22. The fraction of sp³-hybridized carbons (Fsp3) is 0.176. The Balaban J connectivity index is 1.82. The first-order valence-corrected chi connectivity index (χ1v) is 7.56. The van der Waals surface area contributed by atoms with Crippen molar-refractivity contribution < 1.29 is 23.2 Å². The second-order valence-corrected chi connectivity index (χ2v) is 5.30. The van der Waals surface area contributed by atoms with Gasteiger partial charge in [-0.3, -0.25) is 10.1 Å². The van der Waals surface area contributed by atoms with Crippen molar-refractivity contribution in [3.8, 4) is 23.0 Å². The van der Waals surface area contributed by atoms with Gasteiger partial charge in [-0.1, -0.05) is 0 Å². The molecule has 0 unspecified atom stereocenters. The monoisotopic (exact) mass is 359 g/mol. The molecule has 1 atom stereocenters. The molecule has 134 valence electrons. The molecule has 0 spiro atoms. The van der Waals surface area contributed by atoms with Crippen molar-refractivity contribution in [2.24, 2.45) is 0 Å². The van der Waals surface area contributed by atoms with E-state index in [4.69, 9.17) is 13.9 Å². The van der Waals surface area contributed by atoms with Crippen LogP contribution in [0.5, 0.6) is 11.5 Å². The second-order valence-electron chi connectivity index (χ2n) is 5.30. The molecule has 3 aromatic rings. The molecule has 1 heterocycles. The van der Waals surface area contributed by atoms with E-state index in [0.717, 1.165) is 0 Å². The average molecular weight is 359 g/mol. The molecule has 0 amide bonds. The SMILES string of the molecule is COc1ccc(O[C@@H](C)c2nnc(-c3ccc(F)cc3)o2)c([N+](=O)[O-])c1. The molecule has 0 aliphatic heterocycles. The minimum Gasteiger partial charge on any atom is -0.496 e. The van der Waals surface area contributed by atoms with Crippen LogP contribution in [0.1, 0.15) is 18.9 Å². The zero-order chi connectivity index (χ0) is 18.7. The first-order valence-electron chi connectivity index (χ1n) is 7.56. The van der Waals surface area contributed by atoms with E-state index in [1.165, 1.54) is 43.5 Å². The topological polar surface area (TPSA) is 101 Å². The summed E-state index contributed by atoms with van der Waals surface area (Å²) in [5.74, 6) is 0.337. The number of nitro benzene ring substituents is 1. The van der Waals surface area contributed by atoms with Crippen molar-refractivity contribution in [2.75, 3.05) is 7.11 Å². The normalized spacial score (nSPS) is 11.8. The lowest BCUT2D eigenvalue weighted by Crippen LogP contribution is -2.05. The minimum atomic E-state index is -0.733. The molecule has 0 saturated carbocycles. The Morgan fingerprint density at radius 3 is 2.58 bits per heavy atom. The zero-order valence-electron chi connectivity index (χ0n) is 13.9. The number of nitrogens with zero attached hydrogens (tertiary/aromatic N) is 3. The minimum absolute atomic E-state index is 0.0461. The fourth-order valence-corrected chi connectivity index (χ4v) is 2.22. The van der Waals surface area contributed by atoms with Crippen LogP contribution in [-0.2, 0) is 0 Å². The molecule has 2 aromatic carbocycles. The van der Waals surface area contributed by atoms with Gasteiger partial charge in [-0.15, -0.1) is 10.2 Å². The Morgan fingerprint density at radius 1 is 1.19 bits per heavy atom. The highest BCUT2D eigenvalue weighted by Crippen LogP contribution is 2.34. The number of hydrogen-bond donors (Lipinski definition) is 0. The van der Waals surface area contributed by atoms with Crippen molar-refractivity contribution in [2.45, 2.75) is 13.0 Å². The summed E-state index contributed by atoms with van der Waals surface area (Å²) in [5, 5.41) is 19.0. The van der Waals surface area contributed by atoms with Crippen LogP contribution in [0.2, 0.25) is 0 Å². The van der Waals surface area contributed by atoms with Crippen LogP contribution in [0.25, 0.3) is 11.5 Å². The summed E-state index contributed by atoms with van der Waals surface area (Å²) in [5.41, 5.74) is 0.308. The number of hydrogen-bond acceptors (Lipinski definition) is 7. The maximum Gasteiger partial charge on any atom is 0.314 e. The maximum atomic E-state index is 13.0. The average Bonchev–Trinajstić information content (AvgIpc) is 3.12. The molecule has 0 bridgehead atoms. The summed E-state index contributed by atoms with van der Waals surface area (Å²) in [4.78, 5) is 10.6. The van der Waals surface area contributed by atoms with Gasteiger partial charge in [0.15, 0.2) is 11.9 Å². The lowest BCUT2D eigenvalue weighted by Gasteiger charge is -2.11. The molecule has 0 fully saturated rings. The Kier molecular flexibility index (Phi) is 4.78. The van der Waals surface area contributed by atoms with E-state index in [0.29, 0.717) is 11.3 Å². The Labute approximate surface area is 147 Å². The molecular weight excluding hydrogens is 345 g/mol. The van der Waals surface area contributed by atoms with E-state index in [2.05, 4.69) is 10.2 Å². The first-order chi connectivity index (χ1) is 12.5. The van der Waals surface area contributed by atoms with Crippen LogP contribution >= 0.6 is 0 Å². The third-order valence-electron chi connectivity index (χ3n) is 3.55. The van der Waals surface area contributed by atoms with Crippen LogP contribution in [0.3, 0.4) is 0 Å². The standard InChI is InChI=1S/C17H14FN3O5/c1-10(25-15-8-7-13(24-2)9-14(15)21(22)23)16-19-20-17(26-16)11-3-5-12(18)6-4-11/h3-10H,1-2H3/t10-/m0/s1. The maximum absolute atomic E-state index is 13.0. The molecule has 0 N–H and O–H groups in total. The number of ether oxygens (including phenoxy) is 2. The Morgan fingerprint density at radius 2 is 1.92 bits per heavy atom. The molecule has 0 aliphatic rings. The highest BCUT2D eigenvalue weighted by molar-refractivity contribution is 5.52. The van der Waals surface area contributed by atoms with Crippen LogP contribution in [0.4, 0.5) is 10.1 Å². The molecule has 0 saturated heterocycles. The lowest BCUT2D eigenvalue weighted by atomic mass is 10.2. The number of rotatable bonds is 6. The largest absolute Gasteiger partial charge is 0.496 e. The predicted molar refractivity (Wildman–Crippen MR) is 88.4 cm³/mol. The molecule has 26 heavy (non-hydrogen) atoms. The van der Waals surface area contributed by atoms with Gasteiger partial charge in [0.2, 0.25) is 5.89 Å². The first kappa shape index (κ1) is 17.3. The lowest BCUT2D eigenvalue weighted by molar-refractivity contribution is -0.386. The third-order valence-corrected chi connectivity index (χ3v) is 3.55. The Bertz CT molecular complexity index is 926. The molecule has 3 rings (SSSR count). The molecule has 0 radical (unpaired) electrons. The van der Waals surface area contributed by atoms with Gasteiger partial charge in [-0.2, -0.15) is 0 Å². The van der Waals surface area contributed by atoms with Crippen LogP contribution in [-0.4, -0.2) is 22.2 Å². The van der Waals surface area contributed by atoms with Gasteiger partial charge in [0.1, 0.15) is 11.6 Å². The van der Waals surface area contributed by atoms with Gasteiger partial charge >= 0.3 is 5.69 Å². The van der Waals surface area contributed by atoms with E-state index in [-0.39, 0.29) is 29.0 Å². The summed E-state index contributed by atoms with van der Waals surface area (Å²) < 4.78 is 29.1. The Hall–Kier alpha value is -3.49. The van der Waals surface area contributed by atoms with E-state index in [9.17, 15) is 14.5 Å². The molecule has 0 aliphatic carbocycles. The van der Waals surface area contributed by atoms with Crippen molar-refractivity contribution in [1.29, 1.82) is 0 Å². The number of nitro groups is 1. The summed E-state index contributed by atoms with van der Waals surface area (Å²) in [6.45, 7) is 1.62. The predicted octanol–water partition coefficient (Wildman–Crippen LogP) is 3.93. The van der Waals surface area contributed by atoms with Crippen molar-refractivity contribution in [3.63, 3.8) is 0 Å². The van der Waals surface area contributed by atoms with E-state index >= 15 is 0 Å². The fourth-order valence-electron chi connectivity index (χ4n) is 2.22. The molecule has 8 nitrogen and oxygen atoms in total. The zero-order valence-corrected chi connectivity index (χ0v) is 13.9. The van der Waals surface area contributed by atoms with E-state index < -0.39 is 11.0 Å². The molecule has 1 aromatic heterocycles. The summed E-state index contributed by atoms with van der Waals surface area (Å²) in [6, 6.07) is 9.82. The smallest absolute Gasteiger partial charge is 0.314 e.